The summed E-state index contributed by atoms with van der Waals surface area (Å²) in [5.74, 6) is -0.233. The fraction of sp³-hybridized carbons (Fsp3) is 0.154. The number of benzene rings is 1. The summed E-state index contributed by atoms with van der Waals surface area (Å²) in [6, 6.07) is 4.53. The lowest BCUT2D eigenvalue weighted by molar-refractivity contribution is 0.622. The minimum atomic E-state index is -0.233. The van der Waals surface area contributed by atoms with Crippen LogP contribution in [0.4, 0.5) is 4.39 Å². The summed E-state index contributed by atoms with van der Waals surface area (Å²) in [6.07, 6.45) is 4.61. The predicted octanol–water partition coefficient (Wildman–Crippen LogP) is 3.38. The Hall–Kier alpha value is -0.990. The van der Waals surface area contributed by atoms with Crippen LogP contribution >= 0.6 is 33.9 Å². The molecule has 3 rings (SSSR count). The highest BCUT2D eigenvalue weighted by atomic mass is 127. The largest absolute Gasteiger partial charge is 0.324 e. The Labute approximate surface area is 127 Å². The van der Waals surface area contributed by atoms with Crippen LogP contribution in [0.5, 0.6) is 0 Å². The quantitative estimate of drug-likeness (QED) is 0.701. The van der Waals surface area contributed by atoms with E-state index < -0.39 is 0 Å². The van der Waals surface area contributed by atoms with Crippen molar-refractivity contribution in [2.75, 3.05) is 0 Å². The Kier molecular flexibility index (Phi) is 3.55. The number of imidazole rings is 1. The van der Waals surface area contributed by atoms with E-state index in [0.29, 0.717) is 6.42 Å². The number of thiazole rings is 1. The van der Waals surface area contributed by atoms with Crippen LogP contribution in [0.15, 0.2) is 36.0 Å². The van der Waals surface area contributed by atoms with Crippen molar-refractivity contribution >= 4 is 38.9 Å². The van der Waals surface area contributed by atoms with Gasteiger partial charge in [0.05, 0.1) is 5.69 Å². The van der Waals surface area contributed by atoms with E-state index in [-0.39, 0.29) is 11.9 Å². The lowest BCUT2D eigenvalue weighted by atomic mass is 10.0. The van der Waals surface area contributed by atoms with Gasteiger partial charge in [-0.3, -0.25) is 4.40 Å². The van der Waals surface area contributed by atoms with E-state index in [1.165, 1.54) is 12.1 Å². The van der Waals surface area contributed by atoms with Crippen molar-refractivity contribution in [2.45, 2.75) is 12.5 Å². The molecule has 0 fully saturated rings. The van der Waals surface area contributed by atoms with Gasteiger partial charge in [0.25, 0.3) is 0 Å². The van der Waals surface area contributed by atoms with Crippen molar-refractivity contribution in [1.29, 1.82) is 0 Å². The maximum Gasteiger partial charge on any atom is 0.193 e. The van der Waals surface area contributed by atoms with Crippen LogP contribution in [-0.4, -0.2) is 9.38 Å². The molecule has 0 spiro atoms. The van der Waals surface area contributed by atoms with Gasteiger partial charge in [-0.1, -0.05) is 6.07 Å². The molecule has 0 aliphatic heterocycles. The molecule has 2 aromatic heterocycles. The smallest absolute Gasteiger partial charge is 0.193 e. The Morgan fingerprint density at radius 2 is 2.32 bits per heavy atom. The molecule has 1 unspecified atom stereocenters. The Morgan fingerprint density at radius 3 is 3.05 bits per heavy atom. The average Bonchev–Trinajstić information content (AvgIpc) is 2.89. The van der Waals surface area contributed by atoms with Crippen molar-refractivity contribution < 1.29 is 4.39 Å². The molecule has 0 saturated heterocycles. The van der Waals surface area contributed by atoms with Crippen molar-refractivity contribution in [3.63, 3.8) is 0 Å². The molecular formula is C13H11FIN3S. The van der Waals surface area contributed by atoms with Gasteiger partial charge in [0.15, 0.2) is 4.96 Å². The summed E-state index contributed by atoms with van der Waals surface area (Å²) >= 11 is 3.71. The molecule has 6 heteroatoms. The number of nitrogens with zero attached hydrogens (tertiary/aromatic N) is 2. The van der Waals surface area contributed by atoms with Gasteiger partial charge < -0.3 is 5.73 Å². The van der Waals surface area contributed by atoms with E-state index in [9.17, 15) is 4.39 Å². The van der Waals surface area contributed by atoms with E-state index in [1.807, 2.05) is 22.2 Å². The summed E-state index contributed by atoms with van der Waals surface area (Å²) in [6.45, 7) is 0. The predicted molar refractivity (Wildman–Crippen MR) is 82.8 cm³/mol. The van der Waals surface area contributed by atoms with Crippen LogP contribution in [-0.2, 0) is 6.42 Å². The molecular weight excluding hydrogens is 376 g/mol. The van der Waals surface area contributed by atoms with Crippen LogP contribution in [0.3, 0.4) is 0 Å². The number of hydrogen-bond donors (Lipinski definition) is 1. The zero-order valence-electron chi connectivity index (χ0n) is 9.88. The van der Waals surface area contributed by atoms with Gasteiger partial charge in [-0.25, -0.2) is 9.37 Å². The normalized spacial score (nSPS) is 13.0. The monoisotopic (exact) mass is 387 g/mol. The fourth-order valence-corrected chi connectivity index (χ4v) is 3.61. The minimum absolute atomic E-state index is 0.169. The molecule has 1 aromatic carbocycles. The average molecular weight is 387 g/mol. The molecule has 0 bridgehead atoms. The first-order valence-electron chi connectivity index (χ1n) is 5.75. The molecule has 0 saturated carbocycles. The van der Waals surface area contributed by atoms with Crippen LogP contribution in [0, 0.1) is 9.39 Å². The summed E-state index contributed by atoms with van der Waals surface area (Å²) in [5.41, 5.74) is 8.11. The maximum absolute atomic E-state index is 13.1. The van der Waals surface area contributed by atoms with Gasteiger partial charge in [-0.05, 0) is 40.3 Å². The van der Waals surface area contributed by atoms with Crippen LogP contribution in [0.25, 0.3) is 4.96 Å². The molecule has 3 aromatic rings. The molecule has 19 heavy (non-hydrogen) atoms. The Balaban J connectivity index is 1.84. The number of hydrogen-bond acceptors (Lipinski definition) is 3. The number of nitrogens with two attached hydrogens (primary N) is 1. The minimum Gasteiger partial charge on any atom is -0.324 e. The van der Waals surface area contributed by atoms with Gasteiger partial charge in [-0.15, -0.1) is 11.3 Å². The van der Waals surface area contributed by atoms with Crippen molar-refractivity contribution in [2.24, 2.45) is 5.73 Å². The van der Waals surface area contributed by atoms with Gasteiger partial charge in [0.1, 0.15) is 5.82 Å². The lowest BCUT2D eigenvalue weighted by Crippen LogP contribution is -2.15. The number of aromatic nitrogens is 2. The summed E-state index contributed by atoms with van der Waals surface area (Å²) in [7, 11) is 0. The summed E-state index contributed by atoms with van der Waals surface area (Å²) in [4.78, 5) is 5.48. The molecule has 2 heterocycles. The first-order valence-corrected chi connectivity index (χ1v) is 7.71. The molecule has 98 valence electrons. The van der Waals surface area contributed by atoms with Gasteiger partial charge >= 0.3 is 0 Å². The summed E-state index contributed by atoms with van der Waals surface area (Å²) < 4.78 is 15.9. The lowest BCUT2D eigenvalue weighted by Gasteiger charge is -2.12. The number of rotatable bonds is 3. The van der Waals surface area contributed by atoms with E-state index in [1.54, 1.807) is 17.4 Å². The van der Waals surface area contributed by atoms with E-state index in [0.717, 1.165) is 19.8 Å². The first kappa shape index (κ1) is 13.0. The highest BCUT2D eigenvalue weighted by molar-refractivity contribution is 14.1. The molecule has 3 nitrogen and oxygen atoms in total. The van der Waals surface area contributed by atoms with Gasteiger partial charge in [0.2, 0.25) is 0 Å². The van der Waals surface area contributed by atoms with Crippen molar-refractivity contribution in [1.82, 2.24) is 9.38 Å². The van der Waals surface area contributed by atoms with E-state index in [2.05, 4.69) is 27.6 Å². The SMILES string of the molecule is NC(Cc1cn2ccsc2n1)c1ccc(F)cc1I. The molecule has 1 atom stereocenters. The summed E-state index contributed by atoms with van der Waals surface area (Å²) in [5, 5.41) is 1.99. The van der Waals surface area contributed by atoms with Crippen molar-refractivity contribution in [3.05, 3.63) is 56.6 Å². The van der Waals surface area contributed by atoms with Crippen LogP contribution < -0.4 is 5.73 Å². The third kappa shape index (κ3) is 2.65. The van der Waals surface area contributed by atoms with Crippen LogP contribution in [0.2, 0.25) is 0 Å². The second-order valence-electron chi connectivity index (χ2n) is 4.30. The van der Waals surface area contributed by atoms with E-state index in [4.69, 9.17) is 5.73 Å². The third-order valence-corrected chi connectivity index (χ3v) is 4.64. The number of halogens is 2. The first-order chi connectivity index (χ1) is 9.13. The zero-order chi connectivity index (χ0) is 13.4. The molecule has 0 radical (unpaired) electrons. The van der Waals surface area contributed by atoms with Gasteiger partial charge in [-0.2, -0.15) is 0 Å². The molecule has 0 aliphatic carbocycles. The van der Waals surface area contributed by atoms with E-state index >= 15 is 0 Å². The standard InChI is InChI=1S/C13H11FIN3S/c14-8-1-2-10(11(15)5-8)12(16)6-9-7-18-3-4-19-13(18)17-9/h1-5,7,12H,6,16H2. The molecule has 0 aliphatic rings. The van der Waals surface area contributed by atoms with Gasteiger partial charge in [0, 0.05) is 33.8 Å². The fourth-order valence-electron chi connectivity index (χ4n) is 2.01. The topological polar surface area (TPSA) is 43.3 Å². The third-order valence-electron chi connectivity index (χ3n) is 2.93. The van der Waals surface area contributed by atoms with Crippen LogP contribution in [0.1, 0.15) is 17.3 Å². The Morgan fingerprint density at radius 1 is 1.47 bits per heavy atom. The second kappa shape index (κ2) is 5.18. The molecule has 2 N–H and O–H groups in total. The highest BCUT2D eigenvalue weighted by Crippen LogP contribution is 2.23. The van der Waals surface area contributed by atoms with Crippen molar-refractivity contribution in [3.8, 4) is 0 Å². The number of fused-ring (bicyclic) bond motifs is 1. The Bertz CT molecular complexity index is 693. The molecule has 0 amide bonds. The highest BCUT2D eigenvalue weighted by Gasteiger charge is 2.13. The zero-order valence-corrected chi connectivity index (χ0v) is 12.9. The maximum atomic E-state index is 13.1. The second-order valence-corrected chi connectivity index (χ2v) is 6.34.